The maximum atomic E-state index is 14.4. The molecule has 2 aliphatic heterocycles. The molecule has 3 aromatic rings. The number of hydrogen-bond donors (Lipinski definition) is 2. The van der Waals surface area contributed by atoms with Crippen molar-refractivity contribution in [2.75, 3.05) is 43.0 Å². The fourth-order valence-corrected chi connectivity index (χ4v) is 4.13. The summed E-state index contributed by atoms with van der Waals surface area (Å²) in [6, 6.07) is 6.07. The Hall–Kier alpha value is -3.27. The van der Waals surface area contributed by atoms with Gasteiger partial charge in [-0.3, -0.25) is 4.79 Å². The fourth-order valence-electron chi connectivity index (χ4n) is 4.13. The van der Waals surface area contributed by atoms with E-state index in [1.165, 1.54) is 6.20 Å². The molecule has 5 heterocycles. The van der Waals surface area contributed by atoms with Crippen molar-refractivity contribution in [2.24, 2.45) is 5.92 Å². The molecule has 10 heteroatoms. The van der Waals surface area contributed by atoms with Crippen LogP contribution in [-0.2, 0) is 11.3 Å². The summed E-state index contributed by atoms with van der Waals surface area (Å²) < 4.78 is 16.3. The predicted molar refractivity (Wildman–Crippen MR) is 114 cm³/mol. The van der Waals surface area contributed by atoms with E-state index in [9.17, 15) is 9.18 Å². The first-order valence-corrected chi connectivity index (χ1v) is 10.5. The molecule has 1 unspecified atom stereocenters. The number of nitrogens with zero attached hydrogens (tertiary/aromatic N) is 6. The average molecular weight is 424 g/mol. The minimum atomic E-state index is -0.466. The van der Waals surface area contributed by atoms with Gasteiger partial charge in [0.05, 0.1) is 30.6 Å². The van der Waals surface area contributed by atoms with Crippen molar-refractivity contribution < 1.29 is 9.18 Å². The number of nitrogens with one attached hydrogen (secondary N) is 2. The van der Waals surface area contributed by atoms with Gasteiger partial charge in [0, 0.05) is 38.9 Å². The third-order valence-electron chi connectivity index (χ3n) is 6.10. The number of likely N-dealkylation sites (N-methyl/N-ethyl adjacent to an activating group) is 1. The number of anilines is 2. The van der Waals surface area contributed by atoms with E-state index in [1.807, 2.05) is 40.7 Å². The van der Waals surface area contributed by atoms with E-state index in [4.69, 9.17) is 0 Å². The Morgan fingerprint density at radius 3 is 3.00 bits per heavy atom. The lowest BCUT2D eigenvalue weighted by atomic mass is 9.99. The molecule has 2 saturated heterocycles. The molecule has 0 aromatic carbocycles. The number of carbonyl (C=O) groups excluding carboxylic acids is 1. The lowest BCUT2D eigenvalue weighted by Gasteiger charge is -2.39. The van der Waals surface area contributed by atoms with Crippen molar-refractivity contribution in [3.05, 3.63) is 48.3 Å². The van der Waals surface area contributed by atoms with Crippen molar-refractivity contribution in [3.63, 3.8) is 0 Å². The Labute approximate surface area is 179 Å². The lowest BCUT2D eigenvalue weighted by Crippen LogP contribution is -2.54. The van der Waals surface area contributed by atoms with Crippen molar-refractivity contribution >= 4 is 23.3 Å². The number of halogens is 1. The van der Waals surface area contributed by atoms with Crippen LogP contribution in [0.1, 0.15) is 12.1 Å². The van der Waals surface area contributed by atoms with Crippen molar-refractivity contribution in [1.29, 1.82) is 0 Å². The molecule has 31 heavy (non-hydrogen) atoms. The monoisotopic (exact) mass is 424 g/mol. The SMILES string of the molecule is CN(c1ncc(F)c(N2CC(C(=O)NCc3cnc4ccccn34)C2)n1)C1CCNC1. The third kappa shape index (κ3) is 3.78. The Bertz CT molecular complexity index is 1090. The Morgan fingerprint density at radius 2 is 2.19 bits per heavy atom. The van der Waals surface area contributed by atoms with Gasteiger partial charge in [0.2, 0.25) is 11.9 Å². The van der Waals surface area contributed by atoms with Crippen LogP contribution in [0.3, 0.4) is 0 Å². The first-order chi connectivity index (χ1) is 15.1. The Kier molecular flexibility index (Phi) is 5.14. The zero-order valence-corrected chi connectivity index (χ0v) is 17.3. The summed E-state index contributed by atoms with van der Waals surface area (Å²) in [5, 5.41) is 6.28. The first kappa shape index (κ1) is 19.7. The van der Waals surface area contributed by atoms with Crippen LogP contribution in [0, 0.1) is 11.7 Å². The molecular formula is C21H25FN8O. The van der Waals surface area contributed by atoms with E-state index in [0.29, 0.717) is 31.6 Å². The van der Waals surface area contributed by atoms with Gasteiger partial charge in [-0.25, -0.2) is 14.4 Å². The second kappa shape index (κ2) is 8.10. The second-order valence-corrected chi connectivity index (χ2v) is 8.10. The van der Waals surface area contributed by atoms with Gasteiger partial charge in [0.1, 0.15) is 5.65 Å². The number of imidazole rings is 1. The lowest BCUT2D eigenvalue weighted by molar-refractivity contribution is -0.125. The summed E-state index contributed by atoms with van der Waals surface area (Å²) in [4.78, 5) is 29.3. The number of carbonyl (C=O) groups is 1. The van der Waals surface area contributed by atoms with Crippen molar-refractivity contribution in [3.8, 4) is 0 Å². The molecule has 0 saturated carbocycles. The maximum absolute atomic E-state index is 14.4. The largest absolute Gasteiger partial charge is 0.352 e. The van der Waals surface area contributed by atoms with Gasteiger partial charge in [0.15, 0.2) is 11.6 Å². The van der Waals surface area contributed by atoms with E-state index in [-0.39, 0.29) is 17.6 Å². The average Bonchev–Trinajstić information content (AvgIpc) is 3.42. The number of aromatic nitrogens is 4. The molecule has 1 atom stereocenters. The summed E-state index contributed by atoms with van der Waals surface area (Å²) >= 11 is 0. The smallest absolute Gasteiger partial charge is 0.227 e. The molecule has 3 aromatic heterocycles. The number of rotatable bonds is 6. The van der Waals surface area contributed by atoms with Crippen LogP contribution < -0.4 is 20.4 Å². The zero-order chi connectivity index (χ0) is 21.4. The van der Waals surface area contributed by atoms with Gasteiger partial charge in [0.25, 0.3) is 0 Å². The van der Waals surface area contributed by atoms with Gasteiger partial charge in [-0.1, -0.05) is 6.07 Å². The Balaban J connectivity index is 1.19. The van der Waals surface area contributed by atoms with Crippen LogP contribution in [0.25, 0.3) is 5.65 Å². The quantitative estimate of drug-likeness (QED) is 0.605. The van der Waals surface area contributed by atoms with Gasteiger partial charge in [-0.05, 0) is 25.1 Å². The molecule has 0 spiro atoms. The molecule has 2 N–H and O–H groups in total. The normalized spacial score (nSPS) is 18.9. The molecule has 2 fully saturated rings. The minimum absolute atomic E-state index is 0.0500. The third-order valence-corrected chi connectivity index (χ3v) is 6.10. The van der Waals surface area contributed by atoms with Crippen LogP contribution in [-0.4, -0.2) is 64.5 Å². The standard InChI is InChI=1S/C21H25FN8O/c1-28(15-5-6-23-8-15)21-26-11-17(22)19(27-21)29-12-14(13-29)20(31)25-10-16-9-24-18-4-2-3-7-30(16)18/h2-4,7,9,11,14-15,23H,5-6,8,10,12-13H2,1H3,(H,25,31). The molecule has 9 nitrogen and oxygen atoms in total. The van der Waals surface area contributed by atoms with Crippen LogP contribution in [0.5, 0.6) is 0 Å². The fraction of sp³-hybridized carbons (Fsp3) is 0.429. The molecule has 0 aliphatic carbocycles. The molecule has 0 radical (unpaired) electrons. The van der Waals surface area contributed by atoms with Gasteiger partial charge in [-0.2, -0.15) is 4.98 Å². The molecule has 1 amide bonds. The summed E-state index contributed by atoms with van der Waals surface area (Å²) in [5.74, 6) is 0.0465. The molecular weight excluding hydrogens is 399 g/mol. The second-order valence-electron chi connectivity index (χ2n) is 8.10. The van der Waals surface area contributed by atoms with Crippen molar-refractivity contribution in [2.45, 2.75) is 19.0 Å². The van der Waals surface area contributed by atoms with Gasteiger partial charge in [-0.15, -0.1) is 0 Å². The highest BCUT2D eigenvalue weighted by Crippen LogP contribution is 2.27. The summed E-state index contributed by atoms with van der Waals surface area (Å²) in [5.41, 5.74) is 1.76. The highest BCUT2D eigenvalue weighted by Gasteiger charge is 2.35. The van der Waals surface area contributed by atoms with Crippen LogP contribution in [0.2, 0.25) is 0 Å². The van der Waals surface area contributed by atoms with E-state index in [2.05, 4.69) is 25.6 Å². The summed E-state index contributed by atoms with van der Waals surface area (Å²) in [7, 11) is 1.93. The first-order valence-electron chi connectivity index (χ1n) is 10.5. The van der Waals surface area contributed by atoms with Crippen LogP contribution in [0.4, 0.5) is 16.2 Å². The van der Waals surface area contributed by atoms with Gasteiger partial charge >= 0.3 is 0 Å². The van der Waals surface area contributed by atoms with E-state index in [1.54, 1.807) is 11.1 Å². The zero-order valence-electron chi connectivity index (χ0n) is 17.3. The minimum Gasteiger partial charge on any atom is -0.352 e. The molecule has 5 rings (SSSR count). The van der Waals surface area contributed by atoms with E-state index in [0.717, 1.165) is 30.9 Å². The van der Waals surface area contributed by atoms with Crippen molar-refractivity contribution in [1.82, 2.24) is 30.0 Å². The van der Waals surface area contributed by atoms with Gasteiger partial charge < -0.3 is 24.8 Å². The number of fused-ring (bicyclic) bond motifs is 1. The maximum Gasteiger partial charge on any atom is 0.227 e. The molecule has 0 bridgehead atoms. The predicted octanol–water partition coefficient (Wildman–Crippen LogP) is 0.814. The topological polar surface area (TPSA) is 90.7 Å². The molecule has 2 aliphatic rings. The molecule has 162 valence electrons. The van der Waals surface area contributed by atoms with Crippen LogP contribution in [0.15, 0.2) is 36.8 Å². The van der Waals surface area contributed by atoms with E-state index >= 15 is 0 Å². The highest BCUT2D eigenvalue weighted by atomic mass is 19.1. The Morgan fingerprint density at radius 1 is 1.32 bits per heavy atom. The van der Waals surface area contributed by atoms with Crippen LogP contribution >= 0.6 is 0 Å². The number of hydrogen-bond acceptors (Lipinski definition) is 7. The highest BCUT2D eigenvalue weighted by molar-refractivity contribution is 5.81. The summed E-state index contributed by atoms with van der Waals surface area (Å²) in [6.45, 7) is 3.08. The van der Waals surface area contributed by atoms with E-state index < -0.39 is 5.82 Å². The number of amides is 1. The summed E-state index contributed by atoms with van der Waals surface area (Å²) in [6.07, 6.45) is 5.90. The number of pyridine rings is 1.